The third-order valence-electron chi connectivity index (χ3n) is 3.29. The fourth-order valence-corrected chi connectivity index (χ4v) is 2.20. The standard InChI is InChI=1S/C13H23N3O2/c1-12(2,3)17-9-10-15-11(16-18-10)13(14)7-5-4-6-8-13/h4-9,14H2,1-3H3. The lowest BCUT2D eigenvalue weighted by molar-refractivity contribution is -0.0260. The Morgan fingerprint density at radius 1 is 1.28 bits per heavy atom. The molecule has 0 amide bonds. The molecular formula is C13H23N3O2. The second-order valence-electron chi connectivity index (χ2n) is 6.13. The molecule has 0 bridgehead atoms. The third kappa shape index (κ3) is 3.29. The van der Waals surface area contributed by atoms with E-state index in [0.29, 0.717) is 18.3 Å². The molecule has 0 aliphatic heterocycles. The predicted octanol–water partition coefficient (Wildman–Crippen LogP) is 2.50. The summed E-state index contributed by atoms with van der Waals surface area (Å²) < 4.78 is 10.8. The first-order valence-electron chi connectivity index (χ1n) is 6.65. The normalized spacial score (nSPS) is 20.0. The Morgan fingerprint density at radius 3 is 2.56 bits per heavy atom. The zero-order valence-electron chi connectivity index (χ0n) is 11.5. The summed E-state index contributed by atoms with van der Waals surface area (Å²) in [6.07, 6.45) is 5.40. The molecule has 5 nitrogen and oxygen atoms in total. The highest BCUT2D eigenvalue weighted by Crippen LogP contribution is 2.33. The van der Waals surface area contributed by atoms with E-state index in [-0.39, 0.29) is 5.60 Å². The Labute approximate surface area is 108 Å². The molecule has 0 aromatic carbocycles. The molecule has 18 heavy (non-hydrogen) atoms. The van der Waals surface area contributed by atoms with Crippen molar-refractivity contribution < 1.29 is 9.26 Å². The molecule has 0 saturated heterocycles. The fourth-order valence-electron chi connectivity index (χ4n) is 2.20. The van der Waals surface area contributed by atoms with Crippen LogP contribution >= 0.6 is 0 Å². The summed E-state index contributed by atoms with van der Waals surface area (Å²) in [7, 11) is 0. The Kier molecular flexibility index (Phi) is 3.73. The monoisotopic (exact) mass is 253 g/mol. The van der Waals surface area contributed by atoms with E-state index in [1.165, 1.54) is 6.42 Å². The van der Waals surface area contributed by atoms with Crippen molar-refractivity contribution in [1.82, 2.24) is 10.1 Å². The van der Waals surface area contributed by atoms with Gasteiger partial charge < -0.3 is 15.0 Å². The second-order valence-corrected chi connectivity index (χ2v) is 6.13. The minimum absolute atomic E-state index is 0.208. The van der Waals surface area contributed by atoms with Crippen LogP contribution in [0.15, 0.2) is 4.52 Å². The quantitative estimate of drug-likeness (QED) is 0.895. The SMILES string of the molecule is CC(C)(C)OCc1nc(C2(N)CCCCC2)no1. The van der Waals surface area contributed by atoms with E-state index < -0.39 is 5.54 Å². The van der Waals surface area contributed by atoms with Crippen molar-refractivity contribution in [3.63, 3.8) is 0 Å². The lowest BCUT2D eigenvalue weighted by atomic mass is 9.82. The van der Waals surface area contributed by atoms with Gasteiger partial charge in [-0.1, -0.05) is 24.4 Å². The first-order valence-corrected chi connectivity index (χ1v) is 6.65. The van der Waals surface area contributed by atoms with Crippen LogP contribution in [0.2, 0.25) is 0 Å². The molecule has 0 spiro atoms. The fraction of sp³-hybridized carbons (Fsp3) is 0.846. The lowest BCUT2D eigenvalue weighted by Crippen LogP contribution is -2.39. The first kappa shape index (κ1) is 13.5. The zero-order chi connectivity index (χ0) is 13.2. The van der Waals surface area contributed by atoms with Crippen molar-refractivity contribution >= 4 is 0 Å². The highest BCUT2D eigenvalue weighted by Gasteiger charge is 2.34. The van der Waals surface area contributed by atoms with E-state index >= 15 is 0 Å². The van der Waals surface area contributed by atoms with E-state index in [2.05, 4.69) is 10.1 Å². The van der Waals surface area contributed by atoms with E-state index in [4.69, 9.17) is 15.0 Å². The highest BCUT2D eigenvalue weighted by atomic mass is 16.5. The number of nitrogens with zero attached hydrogens (tertiary/aromatic N) is 2. The predicted molar refractivity (Wildman–Crippen MR) is 67.8 cm³/mol. The van der Waals surface area contributed by atoms with Crippen LogP contribution in [0.1, 0.15) is 64.6 Å². The molecule has 1 saturated carbocycles. The van der Waals surface area contributed by atoms with Gasteiger partial charge in [0.25, 0.3) is 5.89 Å². The minimum atomic E-state index is -0.401. The largest absolute Gasteiger partial charge is 0.366 e. The molecular weight excluding hydrogens is 230 g/mol. The molecule has 0 unspecified atom stereocenters. The summed E-state index contributed by atoms with van der Waals surface area (Å²) in [5.74, 6) is 1.14. The van der Waals surface area contributed by atoms with Crippen LogP contribution in [-0.2, 0) is 16.9 Å². The smallest absolute Gasteiger partial charge is 0.252 e. The van der Waals surface area contributed by atoms with Crippen molar-refractivity contribution in [2.45, 2.75) is 70.6 Å². The van der Waals surface area contributed by atoms with Crippen molar-refractivity contribution in [3.05, 3.63) is 11.7 Å². The van der Waals surface area contributed by atoms with E-state index in [9.17, 15) is 0 Å². The first-order chi connectivity index (χ1) is 8.39. The van der Waals surface area contributed by atoms with Gasteiger partial charge in [0.2, 0.25) is 0 Å². The average molecular weight is 253 g/mol. The summed E-state index contributed by atoms with van der Waals surface area (Å²) >= 11 is 0. The van der Waals surface area contributed by atoms with Crippen LogP contribution in [0.3, 0.4) is 0 Å². The molecule has 1 aromatic heterocycles. The van der Waals surface area contributed by atoms with Gasteiger partial charge in [0.15, 0.2) is 5.82 Å². The molecule has 2 N–H and O–H groups in total. The summed E-state index contributed by atoms with van der Waals surface area (Å²) in [4.78, 5) is 4.38. The number of aromatic nitrogens is 2. The maximum Gasteiger partial charge on any atom is 0.252 e. The van der Waals surface area contributed by atoms with Gasteiger partial charge in [-0.3, -0.25) is 0 Å². The molecule has 1 aliphatic carbocycles. The number of nitrogens with two attached hydrogens (primary N) is 1. The Hall–Kier alpha value is -0.940. The Balaban J connectivity index is 2.01. The van der Waals surface area contributed by atoms with Crippen LogP contribution in [-0.4, -0.2) is 15.7 Å². The maximum atomic E-state index is 6.35. The van der Waals surface area contributed by atoms with Gasteiger partial charge in [-0.2, -0.15) is 4.98 Å². The topological polar surface area (TPSA) is 74.2 Å². The maximum absolute atomic E-state index is 6.35. The Bertz CT molecular complexity index is 389. The van der Waals surface area contributed by atoms with Crippen molar-refractivity contribution in [2.24, 2.45) is 5.73 Å². The van der Waals surface area contributed by atoms with Crippen molar-refractivity contribution in [2.75, 3.05) is 0 Å². The molecule has 1 fully saturated rings. The number of hydrogen-bond donors (Lipinski definition) is 1. The van der Waals surface area contributed by atoms with Crippen molar-refractivity contribution in [1.29, 1.82) is 0 Å². The molecule has 0 radical (unpaired) electrons. The average Bonchev–Trinajstić information content (AvgIpc) is 2.76. The lowest BCUT2D eigenvalue weighted by Gasteiger charge is -2.29. The van der Waals surface area contributed by atoms with Crippen LogP contribution in [0.4, 0.5) is 0 Å². The van der Waals surface area contributed by atoms with Crippen molar-refractivity contribution in [3.8, 4) is 0 Å². The number of hydrogen-bond acceptors (Lipinski definition) is 5. The molecule has 102 valence electrons. The summed E-state index contributed by atoms with van der Waals surface area (Å²) in [5.41, 5.74) is 5.74. The summed E-state index contributed by atoms with van der Waals surface area (Å²) in [6.45, 7) is 6.33. The molecule has 1 aromatic rings. The van der Waals surface area contributed by atoms with Gasteiger partial charge in [0, 0.05) is 0 Å². The van der Waals surface area contributed by atoms with Gasteiger partial charge in [0.1, 0.15) is 6.61 Å². The van der Waals surface area contributed by atoms with Gasteiger partial charge in [0.05, 0.1) is 11.1 Å². The zero-order valence-corrected chi connectivity index (χ0v) is 11.5. The Morgan fingerprint density at radius 2 is 1.94 bits per heavy atom. The summed E-state index contributed by atoms with van der Waals surface area (Å²) in [5, 5.41) is 4.02. The van der Waals surface area contributed by atoms with E-state index in [1.54, 1.807) is 0 Å². The number of ether oxygens (including phenoxy) is 1. The van der Waals surface area contributed by atoms with Crippen LogP contribution in [0.25, 0.3) is 0 Å². The molecule has 1 heterocycles. The van der Waals surface area contributed by atoms with Gasteiger partial charge in [-0.25, -0.2) is 0 Å². The van der Waals surface area contributed by atoms with Crippen LogP contribution < -0.4 is 5.73 Å². The van der Waals surface area contributed by atoms with Crippen LogP contribution in [0, 0.1) is 0 Å². The third-order valence-corrected chi connectivity index (χ3v) is 3.29. The summed E-state index contributed by atoms with van der Waals surface area (Å²) in [6, 6.07) is 0. The van der Waals surface area contributed by atoms with Crippen LogP contribution in [0.5, 0.6) is 0 Å². The minimum Gasteiger partial charge on any atom is -0.366 e. The highest BCUT2D eigenvalue weighted by molar-refractivity contribution is 5.05. The molecule has 2 rings (SSSR count). The second kappa shape index (κ2) is 4.97. The van der Waals surface area contributed by atoms with E-state index in [1.807, 2.05) is 20.8 Å². The molecule has 5 heteroatoms. The number of rotatable bonds is 3. The van der Waals surface area contributed by atoms with Gasteiger partial charge in [-0.05, 0) is 33.6 Å². The molecule has 0 atom stereocenters. The molecule has 1 aliphatic rings. The van der Waals surface area contributed by atoms with E-state index in [0.717, 1.165) is 25.7 Å². The van der Waals surface area contributed by atoms with Gasteiger partial charge in [-0.15, -0.1) is 0 Å². The van der Waals surface area contributed by atoms with Gasteiger partial charge >= 0.3 is 0 Å².